The molecule has 142 valence electrons. The summed E-state index contributed by atoms with van der Waals surface area (Å²) in [5, 5.41) is 3.17. The minimum atomic E-state index is -1.06. The van der Waals surface area contributed by atoms with Crippen LogP contribution in [0.5, 0.6) is 0 Å². The van der Waals surface area contributed by atoms with E-state index in [0.29, 0.717) is 30.5 Å². The van der Waals surface area contributed by atoms with E-state index in [2.05, 4.69) is 30.2 Å². The molecule has 0 saturated carbocycles. The molecule has 4 rings (SSSR count). The highest BCUT2D eigenvalue weighted by Crippen LogP contribution is 2.22. The average Bonchev–Trinajstić information content (AvgIpc) is 3.10. The van der Waals surface area contributed by atoms with Gasteiger partial charge >= 0.3 is 0 Å². The highest BCUT2D eigenvalue weighted by molar-refractivity contribution is 5.77. The molecule has 3 aromatic heterocycles. The van der Waals surface area contributed by atoms with Crippen molar-refractivity contribution in [2.75, 3.05) is 30.4 Å². The van der Waals surface area contributed by atoms with Gasteiger partial charge in [0, 0.05) is 32.3 Å². The van der Waals surface area contributed by atoms with Crippen LogP contribution in [0.15, 0.2) is 24.5 Å². The van der Waals surface area contributed by atoms with Gasteiger partial charge in [-0.2, -0.15) is 4.98 Å². The molecule has 1 saturated heterocycles. The maximum Gasteiger partial charge on any atom is 0.227 e. The molecule has 0 aromatic carbocycles. The second kappa shape index (κ2) is 7.43. The second-order valence-corrected chi connectivity index (χ2v) is 6.52. The Morgan fingerprint density at radius 3 is 3.00 bits per heavy atom. The fourth-order valence-corrected chi connectivity index (χ4v) is 3.23. The number of piperidine rings is 1. The summed E-state index contributed by atoms with van der Waals surface area (Å²) in [6.07, 6.45) is 3.43. The Morgan fingerprint density at radius 2 is 2.22 bits per heavy atom. The number of ether oxygens (including phenoxy) is 1. The van der Waals surface area contributed by atoms with Crippen LogP contribution < -0.4 is 10.2 Å². The molecule has 1 aliphatic rings. The molecule has 0 aliphatic carbocycles. The van der Waals surface area contributed by atoms with Crippen molar-refractivity contribution < 1.29 is 9.13 Å². The van der Waals surface area contributed by atoms with Gasteiger partial charge in [0.15, 0.2) is 0 Å². The molecule has 0 radical (unpaired) electrons. The topological polar surface area (TPSA) is 91.8 Å². The van der Waals surface area contributed by atoms with E-state index in [4.69, 9.17) is 4.74 Å². The molecule has 2 N–H and O–H groups in total. The summed E-state index contributed by atoms with van der Waals surface area (Å²) in [6.45, 7) is 2.92. The van der Waals surface area contributed by atoms with Crippen LogP contribution >= 0.6 is 0 Å². The summed E-state index contributed by atoms with van der Waals surface area (Å²) in [6, 6.07) is 3.63. The second-order valence-electron chi connectivity index (χ2n) is 6.52. The van der Waals surface area contributed by atoms with Crippen LogP contribution in [0.3, 0.4) is 0 Å². The molecular formula is C18H22FN7O. The van der Waals surface area contributed by atoms with Crippen molar-refractivity contribution in [3.8, 4) is 0 Å². The first-order valence-corrected chi connectivity index (χ1v) is 9.02. The van der Waals surface area contributed by atoms with Crippen LogP contribution in [0.2, 0.25) is 0 Å². The summed E-state index contributed by atoms with van der Waals surface area (Å²) in [5.74, 6) is 2.66. The number of nitrogens with zero attached hydrogens (tertiary/aromatic N) is 5. The van der Waals surface area contributed by atoms with E-state index in [0.717, 1.165) is 23.3 Å². The third-order valence-electron chi connectivity index (χ3n) is 4.72. The number of anilines is 3. The Bertz CT molecular complexity index is 931. The number of rotatable bonds is 5. The quantitative estimate of drug-likeness (QED) is 0.712. The lowest BCUT2D eigenvalue weighted by Crippen LogP contribution is -2.46. The van der Waals surface area contributed by atoms with Gasteiger partial charge in [0.1, 0.15) is 23.6 Å². The number of halogens is 1. The van der Waals surface area contributed by atoms with Crippen LogP contribution in [-0.4, -0.2) is 57.4 Å². The van der Waals surface area contributed by atoms with Crippen LogP contribution in [0.1, 0.15) is 19.2 Å². The number of aromatic amines is 1. The molecule has 9 heteroatoms. The zero-order chi connectivity index (χ0) is 18.8. The predicted octanol–water partition coefficient (Wildman–Crippen LogP) is 2.62. The van der Waals surface area contributed by atoms with Gasteiger partial charge in [-0.15, -0.1) is 0 Å². The molecule has 3 aromatic rings. The van der Waals surface area contributed by atoms with Crippen LogP contribution in [0, 0.1) is 0 Å². The minimum Gasteiger partial charge on any atom is -0.378 e. The normalized spacial score (nSPS) is 20.2. The minimum absolute atomic E-state index is 0.221. The Labute approximate surface area is 156 Å². The number of fused-ring (bicyclic) bond motifs is 1. The van der Waals surface area contributed by atoms with E-state index < -0.39 is 6.17 Å². The number of aromatic nitrogens is 5. The third kappa shape index (κ3) is 3.68. The number of methoxy groups -OCH3 is 1. The standard InChI is InChI=1S/C18H22FN7O/c1-3-15-22-12-8-17(21-9-13(12)23-15)24-16-4-6-20-18(25-16)26-7-5-14(27-2)11(19)10-26/h4,6,8-9,11,14H,3,5,7,10H2,1-2H3,(H,22,23)(H,20,21,24,25)/t11-,14+/m1/s1. The van der Waals surface area contributed by atoms with Gasteiger partial charge in [0.2, 0.25) is 5.95 Å². The first-order chi connectivity index (χ1) is 13.2. The fourth-order valence-electron chi connectivity index (χ4n) is 3.23. The SMILES string of the molecule is CCc1nc2cc(Nc3ccnc(N4CC[C@H](OC)[C@H](F)C4)n3)ncc2[nH]1. The van der Waals surface area contributed by atoms with E-state index in [9.17, 15) is 4.39 Å². The van der Waals surface area contributed by atoms with Crippen molar-refractivity contribution in [3.63, 3.8) is 0 Å². The number of imidazole rings is 1. The van der Waals surface area contributed by atoms with E-state index in [1.807, 2.05) is 17.9 Å². The van der Waals surface area contributed by atoms with Crippen molar-refractivity contribution >= 4 is 28.6 Å². The average molecular weight is 371 g/mol. The number of nitrogens with one attached hydrogen (secondary N) is 2. The highest BCUT2D eigenvalue weighted by Gasteiger charge is 2.30. The van der Waals surface area contributed by atoms with Gasteiger partial charge in [-0.3, -0.25) is 0 Å². The summed E-state index contributed by atoms with van der Waals surface area (Å²) < 4.78 is 19.3. The molecule has 1 fully saturated rings. The summed E-state index contributed by atoms with van der Waals surface area (Å²) in [5.41, 5.74) is 1.75. The summed E-state index contributed by atoms with van der Waals surface area (Å²) in [7, 11) is 1.54. The largest absolute Gasteiger partial charge is 0.378 e. The third-order valence-corrected chi connectivity index (χ3v) is 4.72. The van der Waals surface area contributed by atoms with E-state index in [-0.39, 0.29) is 12.6 Å². The van der Waals surface area contributed by atoms with E-state index in [1.165, 1.54) is 0 Å². The van der Waals surface area contributed by atoms with Crippen LogP contribution in [0.4, 0.5) is 22.0 Å². The Balaban J connectivity index is 1.51. The first kappa shape index (κ1) is 17.6. The molecule has 0 spiro atoms. The molecule has 27 heavy (non-hydrogen) atoms. The van der Waals surface area contributed by atoms with Gasteiger partial charge in [0.25, 0.3) is 0 Å². The van der Waals surface area contributed by atoms with Crippen molar-refractivity contribution in [2.24, 2.45) is 0 Å². The van der Waals surface area contributed by atoms with Crippen molar-refractivity contribution in [1.82, 2.24) is 24.9 Å². The predicted molar refractivity (Wildman–Crippen MR) is 101 cm³/mol. The van der Waals surface area contributed by atoms with Gasteiger partial charge < -0.3 is 19.9 Å². The van der Waals surface area contributed by atoms with E-state index in [1.54, 1.807) is 25.6 Å². The van der Waals surface area contributed by atoms with Gasteiger partial charge in [-0.25, -0.2) is 19.3 Å². The lowest BCUT2D eigenvalue weighted by atomic mass is 10.1. The Hall–Kier alpha value is -2.81. The first-order valence-electron chi connectivity index (χ1n) is 9.02. The maximum absolute atomic E-state index is 14.2. The van der Waals surface area contributed by atoms with Gasteiger partial charge in [-0.05, 0) is 12.5 Å². The number of aryl methyl sites for hydroxylation is 1. The van der Waals surface area contributed by atoms with Crippen LogP contribution in [0.25, 0.3) is 11.0 Å². The number of alkyl halides is 1. The molecule has 0 bridgehead atoms. The number of hydrogen-bond acceptors (Lipinski definition) is 7. The van der Waals surface area contributed by atoms with Crippen LogP contribution in [-0.2, 0) is 11.2 Å². The lowest BCUT2D eigenvalue weighted by Gasteiger charge is -2.33. The smallest absolute Gasteiger partial charge is 0.227 e. The monoisotopic (exact) mass is 371 g/mol. The highest BCUT2D eigenvalue weighted by atomic mass is 19.1. The van der Waals surface area contributed by atoms with Crippen molar-refractivity contribution in [3.05, 3.63) is 30.4 Å². The number of hydrogen-bond donors (Lipinski definition) is 2. The number of pyridine rings is 1. The van der Waals surface area contributed by atoms with Crippen molar-refractivity contribution in [1.29, 1.82) is 0 Å². The molecule has 0 unspecified atom stereocenters. The number of H-pyrrole nitrogens is 1. The fraction of sp³-hybridized carbons (Fsp3) is 0.444. The molecule has 2 atom stereocenters. The summed E-state index contributed by atoms with van der Waals surface area (Å²) >= 11 is 0. The molecule has 4 heterocycles. The lowest BCUT2D eigenvalue weighted by molar-refractivity contribution is 0.0194. The summed E-state index contributed by atoms with van der Waals surface area (Å²) in [4.78, 5) is 22.8. The van der Waals surface area contributed by atoms with Gasteiger partial charge in [-0.1, -0.05) is 6.92 Å². The maximum atomic E-state index is 14.2. The van der Waals surface area contributed by atoms with Crippen molar-refractivity contribution in [2.45, 2.75) is 32.0 Å². The zero-order valence-corrected chi connectivity index (χ0v) is 15.3. The molecular weight excluding hydrogens is 349 g/mol. The molecule has 8 nitrogen and oxygen atoms in total. The zero-order valence-electron chi connectivity index (χ0n) is 15.3. The molecule has 1 aliphatic heterocycles. The molecule has 0 amide bonds. The van der Waals surface area contributed by atoms with Gasteiger partial charge in [0.05, 0.1) is 29.9 Å². The Kier molecular flexibility index (Phi) is 4.85. The Morgan fingerprint density at radius 1 is 1.33 bits per heavy atom. The van der Waals surface area contributed by atoms with E-state index >= 15 is 0 Å².